The van der Waals surface area contributed by atoms with E-state index in [1.165, 1.54) is 27.8 Å². The van der Waals surface area contributed by atoms with Crippen LogP contribution < -0.4 is 5.73 Å². The fourth-order valence-corrected chi connectivity index (χ4v) is 2.52. The third-order valence-electron chi connectivity index (χ3n) is 3.79. The average Bonchev–Trinajstić information content (AvgIpc) is 2.38. The molecule has 1 heterocycles. The summed E-state index contributed by atoms with van der Waals surface area (Å²) in [7, 11) is 0. The zero-order valence-electron chi connectivity index (χ0n) is 13.1. The van der Waals surface area contributed by atoms with E-state index in [9.17, 15) is 0 Å². The summed E-state index contributed by atoms with van der Waals surface area (Å²) in [6, 6.07) is 8.73. The molecule has 1 aromatic carbocycles. The number of pyridine rings is 1. The van der Waals surface area contributed by atoms with Crippen LogP contribution in [0.15, 0.2) is 30.5 Å². The molecule has 0 saturated heterocycles. The zero-order chi connectivity index (χ0) is 14.9. The Morgan fingerprint density at radius 2 is 1.65 bits per heavy atom. The van der Waals surface area contributed by atoms with Gasteiger partial charge in [0, 0.05) is 11.8 Å². The molecule has 0 unspecified atom stereocenters. The number of rotatable bonds is 3. The number of aryl methyl sites for hydroxylation is 1. The Labute approximate surface area is 122 Å². The molecule has 0 fully saturated rings. The molecule has 0 radical (unpaired) electrons. The highest BCUT2D eigenvalue weighted by Gasteiger charge is 2.13. The number of nitrogens with two attached hydrogens (primary N) is 1. The van der Waals surface area contributed by atoms with E-state index in [2.05, 4.69) is 57.8 Å². The summed E-state index contributed by atoms with van der Waals surface area (Å²) < 4.78 is 0. The van der Waals surface area contributed by atoms with E-state index in [0.29, 0.717) is 17.7 Å². The van der Waals surface area contributed by atoms with Gasteiger partial charge in [-0.25, -0.2) is 4.98 Å². The van der Waals surface area contributed by atoms with E-state index in [1.807, 2.05) is 12.3 Å². The molecule has 0 bridgehead atoms. The molecule has 0 saturated carbocycles. The van der Waals surface area contributed by atoms with Crippen LogP contribution in [0, 0.1) is 6.92 Å². The largest absolute Gasteiger partial charge is 0.384 e. The topological polar surface area (TPSA) is 38.9 Å². The summed E-state index contributed by atoms with van der Waals surface area (Å²) in [6.45, 7) is 11.0. The molecule has 2 N–H and O–H groups in total. The lowest BCUT2D eigenvalue weighted by molar-refractivity contribution is 0.835. The fourth-order valence-electron chi connectivity index (χ4n) is 2.52. The van der Waals surface area contributed by atoms with Crippen LogP contribution in [0.2, 0.25) is 0 Å². The molecular weight excluding hydrogens is 244 g/mol. The van der Waals surface area contributed by atoms with Crippen molar-refractivity contribution < 1.29 is 0 Å². The van der Waals surface area contributed by atoms with E-state index in [1.54, 1.807) is 0 Å². The van der Waals surface area contributed by atoms with E-state index in [0.717, 1.165) is 0 Å². The van der Waals surface area contributed by atoms with Crippen molar-refractivity contribution in [3.8, 4) is 11.1 Å². The van der Waals surface area contributed by atoms with Gasteiger partial charge in [0.25, 0.3) is 0 Å². The highest BCUT2D eigenvalue weighted by Crippen LogP contribution is 2.33. The summed E-state index contributed by atoms with van der Waals surface area (Å²) in [4.78, 5) is 4.25. The van der Waals surface area contributed by atoms with Gasteiger partial charge >= 0.3 is 0 Å². The summed E-state index contributed by atoms with van der Waals surface area (Å²) >= 11 is 0. The smallest absolute Gasteiger partial charge is 0.123 e. The first-order valence-electron chi connectivity index (χ1n) is 7.26. The lowest BCUT2D eigenvalue weighted by Crippen LogP contribution is -1.99. The van der Waals surface area contributed by atoms with Crippen LogP contribution in [0.25, 0.3) is 11.1 Å². The Morgan fingerprint density at radius 1 is 0.950 bits per heavy atom. The molecule has 20 heavy (non-hydrogen) atoms. The van der Waals surface area contributed by atoms with Crippen molar-refractivity contribution in [1.29, 1.82) is 0 Å². The van der Waals surface area contributed by atoms with Crippen LogP contribution in [-0.4, -0.2) is 4.98 Å². The Bertz CT molecular complexity index is 613. The van der Waals surface area contributed by atoms with Gasteiger partial charge in [-0.2, -0.15) is 0 Å². The number of benzene rings is 1. The molecule has 2 aromatic rings. The highest BCUT2D eigenvalue weighted by atomic mass is 14.8. The minimum Gasteiger partial charge on any atom is -0.384 e. The molecule has 0 aliphatic heterocycles. The normalized spacial score (nSPS) is 11.3. The summed E-state index contributed by atoms with van der Waals surface area (Å²) in [5.74, 6) is 1.61. The van der Waals surface area contributed by atoms with E-state index in [-0.39, 0.29) is 0 Å². The number of hydrogen-bond donors (Lipinski definition) is 1. The molecule has 2 rings (SSSR count). The molecule has 0 aliphatic rings. The molecule has 0 amide bonds. The quantitative estimate of drug-likeness (QED) is 0.861. The van der Waals surface area contributed by atoms with E-state index < -0.39 is 0 Å². The molecule has 2 heteroatoms. The Balaban J connectivity index is 2.61. The Hall–Kier alpha value is -1.83. The van der Waals surface area contributed by atoms with E-state index in [4.69, 9.17) is 5.73 Å². The first-order valence-corrected chi connectivity index (χ1v) is 7.26. The van der Waals surface area contributed by atoms with Gasteiger partial charge in [-0.3, -0.25) is 0 Å². The minimum absolute atomic E-state index is 0.487. The first-order chi connectivity index (χ1) is 9.40. The number of anilines is 1. The van der Waals surface area contributed by atoms with Gasteiger partial charge in [-0.1, -0.05) is 45.9 Å². The molecule has 0 aliphatic carbocycles. The lowest BCUT2D eigenvalue weighted by atomic mass is 9.88. The molecule has 2 nitrogen and oxygen atoms in total. The third kappa shape index (κ3) is 2.84. The van der Waals surface area contributed by atoms with Crippen LogP contribution in [-0.2, 0) is 0 Å². The molecule has 0 atom stereocenters. The SMILES string of the molecule is Cc1cc(N)ncc1-c1ccc(C(C)C)cc1C(C)C. The van der Waals surface area contributed by atoms with Crippen molar-refractivity contribution in [2.45, 2.75) is 46.5 Å². The van der Waals surface area contributed by atoms with Gasteiger partial charge in [0.15, 0.2) is 0 Å². The van der Waals surface area contributed by atoms with Crippen molar-refractivity contribution >= 4 is 5.82 Å². The maximum absolute atomic E-state index is 5.76. The number of nitrogen functional groups attached to an aromatic ring is 1. The average molecular weight is 268 g/mol. The van der Waals surface area contributed by atoms with Gasteiger partial charge in [-0.05, 0) is 47.1 Å². The monoisotopic (exact) mass is 268 g/mol. The van der Waals surface area contributed by atoms with Gasteiger partial charge in [0.05, 0.1) is 0 Å². The Morgan fingerprint density at radius 3 is 2.20 bits per heavy atom. The maximum Gasteiger partial charge on any atom is 0.123 e. The van der Waals surface area contributed by atoms with Gasteiger partial charge in [-0.15, -0.1) is 0 Å². The van der Waals surface area contributed by atoms with Crippen molar-refractivity contribution in [1.82, 2.24) is 4.98 Å². The second-order valence-corrected chi connectivity index (χ2v) is 6.08. The highest BCUT2D eigenvalue weighted by molar-refractivity contribution is 5.72. The number of nitrogens with zero attached hydrogens (tertiary/aromatic N) is 1. The Kier molecular flexibility index (Phi) is 4.12. The van der Waals surface area contributed by atoms with Crippen LogP contribution in [0.1, 0.15) is 56.2 Å². The van der Waals surface area contributed by atoms with Crippen molar-refractivity contribution in [3.05, 3.63) is 47.2 Å². The third-order valence-corrected chi connectivity index (χ3v) is 3.79. The second kappa shape index (κ2) is 5.66. The van der Waals surface area contributed by atoms with Gasteiger partial charge < -0.3 is 5.73 Å². The standard InChI is InChI=1S/C18H24N2/c1-11(2)14-6-7-15(16(9-14)12(3)4)17-10-20-18(19)8-13(17)5/h6-12H,1-5H3,(H2,19,20). The summed E-state index contributed by atoms with van der Waals surface area (Å²) in [6.07, 6.45) is 1.89. The van der Waals surface area contributed by atoms with Crippen LogP contribution in [0.5, 0.6) is 0 Å². The summed E-state index contributed by atoms with van der Waals surface area (Å²) in [5, 5.41) is 0. The van der Waals surface area contributed by atoms with Crippen LogP contribution in [0.3, 0.4) is 0 Å². The summed E-state index contributed by atoms with van der Waals surface area (Å²) in [5.41, 5.74) is 12.2. The zero-order valence-corrected chi connectivity index (χ0v) is 13.1. The van der Waals surface area contributed by atoms with Crippen LogP contribution >= 0.6 is 0 Å². The van der Waals surface area contributed by atoms with E-state index >= 15 is 0 Å². The van der Waals surface area contributed by atoms with Crippen molar-refractivity contribution in [3.63, 3.8) is 0 Å². The maximum atomic E-state index is 5.76. The number of hydrogen-bond acceptors (Lipinski definition) is 2. The minimum atomic E-state index is 0.487. The first kappa shape index (κ1) is 14.6. The van der Waals surface area contributed by atoms with Crippen LogP contribution in [0.4, 0.5) is 5.82 Å². The molecular formula is C18H24N2. The predicted molar refractivity (Wildman–Crippen MR) is 87.0 cm³/mol. The number of aromatic nitrogens is 1. The molecule has 1 aromatic heterocycles. The molecule has 106 valence electrons. The molecule has 0 spiro atoms. The predicted octanol–water partition coefficient (Wildman–Crippen LogP) is 4.89. The fraction of sp³-hybridized carbons (Fsp3) is 0.389. The second-order valence-electron chi connectivity index (χ2n) is 6.08. The van der Waals surface area contributed by atoms with Crippen molar-refractivity contribution in [2.75, 3.05) is 5.73 Å². The van der Waals surface area contributed by atoms with Crippen molar-refractivity contribution in [2.24, 2.45) is 0 Å². The lowest BCUT2D eigenvalue weighted by Gasteiger charge is -2.17. The van der Waals surface area contributed by atoms with Gasteiger partial charge in [0.1, 0.15) is 5.82 Å². The van der Waals surface area contributed by atoms with Gasteiger partial charge in [0.2, 0.25) is 0 Å².